The maximum Gasteiger partial charge on any atom is 0.251 e. The van der Waals surface area contributed by atoms with Gasteiger partial charge in [0.2, 0.25) is 0 Å². The molecule has 152 valence electrons. The van der Waals surface area contributed by atoms with Gasteiger partial charge in [-0.15, -0.1) is 0 Å². The molecule has 0 unspecified atom stereocenters. The van der Waals surface area contributed by atoms with E-state index in [4.69, 9.17) is 16.0 Å². The highest BCUT2D eigenvalue weighted by atomic mass is 35.5. The number of carbonyl (C=O) groups excluding carboxylic acids is 1. The van der Waals surface area contributed by atoms with Crippen molar-refractivity contribution in [2.24, 2.45) is 0 Å². The van der Waals surface area contributed by atoms with Gasteiger partial charge in [0.1, 0.15) is 5.76 Å². The Morgan fingerprint density at radius 1 is 1.07 bits per heavy atom. The van der Waals surface area contributed by atoms with E-state index in [9.17, 15) is 4.79 Å². The van der Waals surface area contributed by atoms with Crippen LogP contribution in [0.3, 0.4) is 0 Å². The number of benzene rings is 2. The highest BCUT2D eigenvalue weighted by Crippen LogP contribution is 2.25. The molecule has 2 aromatic heterocycles. The SMILES string of the molecule is O=C(NCCSCc1ccco1)c1ccc(-c2cc(-c3ccc(Cl)cc3)[nH]n2)cc1. The molecule has 0 aliphatic carbocycles. The van der Waals surface area contributed by atoms with Crippen molar-refractivity contribution in [2.45, 2.75) is 5.75 Å². The summed E-state index contributed by atoms with van der Waals surface area (Å²) >= 11 is 7.67. The van der Waals surface area contributed by atoms with Gasteiger partial charge in [0.15, 0.2) is 0 Å². The van der Waals surface area contributed by atoms with Crippen LogP contribution in [0.25, 0.3) is 22.5 Å². The predicted octanol–water partition coefficient (Wildman–Crippen LogP) is 5.65. The van der Waals surface area contributed by atoms with Crippen LogP contribution in [-0.2, 0) is 5.75 Å². The van der Waals surface area contributed by atoms with Crippen molar-refractivity contribution in [1.82, 2.24) is 15.5 Å². The molecule has 2 N–H and O–H groups in total. The van der Waals surface area contributed by atoms with Gasteiger partial charge in [0.25, 0.3) is 5.91 Å². The summed E-state index contributed by atoms with van der Waals surface area (Å²) in [5.41, 5.74) is 4.32. The molecule has 7 heteroatoms. The summed E-state index contributed by atoms with van der Waals surface area (Å²) < 4.78 is 5.29. The van der Waals surface area contributed by atoms with Crippen LogP contribution in [0.2, 0.25) is 5.02 Å². The summed E-state index contributed by atoms with van der Waals surface area (Å²) in [4.78, 5) is 12.3. The topological polar surface area (TPSA) is 70.9 Å². The number of aromatic nitrogens is 2. The molecule has 4 rings (SSSR count). The van der Waals surface area contributed by atoms with E-state index in [-0.39, 0.29) is 5.91 Å². The van der Waals surface area contributed by atoms with Crippen molar-refractivity contribution in [2.75, 3.05) is 12.3 Å². The summed E-state index contributed by atoms with van der Waals surface area (Å²) in [6.07, 6.45) is 1.67. The van der Waals surface area contributed by atoms with Crippen LogP contribution in [0.4, 0.5) is 0 Å². The predicted molar refractivity (Wildman–Crippen MR) is 122 cm³/mol. The second-order valence-electron chi connectivity index (χ2n) is 6.64. The van der Waals surface area contributed by atoms with E-state index in [0.717, 1.165) is 39.8 Å². The third-order valence-electron chi connectivity index (χ3n) is 4.53. The minimum absolute atomic E-state index is 0.0796. The number of amides is 1. The zero-order valence-electron chi connectivity index (χ0n) is 16.1. The summed E-state index contributed by atoms with van der Waals surface area (Å²) in [6, 6.07) is 20.8. The molecule has 4 aromatic rings. The molecule has 0 aliphatic heterocycles. The van der Waals surface area contributed by atoms with Crippen LogP contribution >= 0.6 is 23.4 Å². The van der Waals surface area contributed by atoms with Gasteiger partial charge in [-0.05, 0) is 48.0 Å². The summed E-state index contributed by atoms with van der Waals surface area (Å²) in [6.45, 7) is 0.607. The molecule has 0 saturated heterocycles. The van der Waals surface area contributed by atoms with Crippen molar-refractivity contribution in [1.29, 1.82) is 0 Å². The number of nitrogens with zero attached hydrogens (tertiary/aromatic N) is 1. The number of nitrogens with one attached hydrogen (secondary N) is 2. The molecule has 0 saturated carbocycles. The van der Waals surface area contributed by atoms with Crippen LogP contribution in [0.15, 0.2) is 77.4 Å². The Morgan fingerprint density at radius 2 is 1.83 bits per heavy atom. The molecule has 2 aromatic carbocycles. The van der Waals surface area contributed by atoms with Gasteiger partial charge >= 0.3 is 0 Å². The Labute approximate surface area is 183 Å². The normalized spacial score (nSPS) is 10.8. The lowest BCUT2D eigenvalue weighted by atomic mass is 10.1. The molecule has 0 aliphatic rings. The second kappa shape index (κ2) is 9.69. The van der Waals surface area contributed by atoms with E-state index in [1.165, 1.54) is 0 Å². The van der Waals surface area contributed by atoms with E-state index in [2.05, 4.69) is 15.5 Å². The van der Waals surface area contributed by atoms with Gasteiger partial charge in [-0.3, -0.25) is 9.89 Å². The van der Waals surface area contributed by atoms with Gasteiger partial charge in [0, 0.05) is 28.4 Å². The van der Waals surface area contributed by atoms with Gasteiger partial charge in [-0.1, -0.05) is 35.9 Å². The molecule has 5 nitrogen and oxygen atoms in total. The van der Waals surface area contributed by atoms with E-state index in [1.807, 2.05) is 66.7 Å². The van der Waals surface area contributed by atoms with Crippen molar-refractivity contribution < 1.29 is 9.21 Å². The Balaban J connectivity index is 1.30. The van der Waals surface area contributed by atoms with E-state index in [0.29, 0.717) is 17.1 Å². The highest BCUT2D eigenvalue weighted by Gasteiger charge is 2.09. The maximum atomic E-state index is 12.3. The number of thioether (sulfide) groups is 1. The largest absolute Gasteiger partial charge is 0.468 e. The standard InChI is InChI=1S/C23H20ClN3O2S/c24-19-9-7-17(8-10-19)22-14-21(26-27-22)16-3-5-18(6-4-16)23(28)25-11-13-30-15-20-2-1-12-29-20/h1-10,12,14H,11,13,15H2,(H,25,28)(H,26,27). The fourth-order valence-electron chi connectivity index (χ4n) is 2.95. The third kappa shape index (κ3) is 5.14. The average Bonchev–Trinajstić information content (AvgIpc) is 3.46. The molecule has 0 atom stereocenters. The van der Waals surface area contributed by atoms with Crippen LogP contribution in [0, 0.1) is 0 Å². The first-order valence-electron chi connectivity index (χ1n) is 9.49. The number of hydrogen-bond acceptors (Lipinski definition) is 4. The first-order chi connectivity index (χ1) is 14.7. The fourth-order valence-corrected chi connectivity index (χ4v) is 3.83. The summed E-state index contributed by atoms with van der Waals surface area (Å²) in [5.74, 6) is 2.49. The van der Waals surface area contributed by atoms with Crippen LogP contribution in [0.5, 0.6) is 0 Å². The number of aromatic amines is 1. The average molecular weight is 438 g/mol. The van der Waals surface area contributed by atoms with Crippen LogP contribution in [-0.4, -0.2) is 28.4 Å². The molecule has 30 heavy (non-hydrogen) atoms. The minimum Gasteiger partial charge on any atom is -0.468 e. The van der Waals surface area contributed by atoms with Crippen molar-refractivity contribution in [3.63, 3.8) is 0 Å². The number of halogens is 1. The van der Waals surface area contributed by atoms with E-state index < -0.39 is 0 Å². The van der Waals surface area contributed by atoms with Gasteiger partial charge in [0.05, 0.1) is 23.4 Å². The quantitative estimate of drug-likeness (QED) is 0.349. The van der Waals surface area contributed by atoms with Crippen molar-refractivity contribution in [3.05, 3.63) is 89.3 Å². The van der Waals surface area contributed by atoms with E-state index in [1.54, 1.807) is 18.0 Å². The smallest absolute Gasteiger partial charge is 0.251 e. The van der Waals surface area contributed by atoms with Crippen LogP contribution < -0.4 is 5.32 Å². The molecule has 1 amide bonds. The maximum absolute atomic E-state index is 12.3. The highest BCUT2D eigenvalue weighted by molar-refractivity contribution is 7.98. The Hall–Kier alpha value is -2.96. The number of furan rings is 1. The molecular weight excluding hydrogens is 418 g/mol. The summed E-state index contributed by atoms with van der Waals surface area (Å²) in [7, 11) is 0. The molecule has 2 heterocycles. The first kappa shape index (κ1) is 20.3. The fraction of sp³-hybridized carbons (Fsp3) is 0.130. The third-order valence-corrected chi connectivity index (χ3v) is 5.77. The molecule has 0 radical (unpaired) electrons. The zero-order chi connectivity index (χ0) is 20.8. The van der Waals surface area contributed by atoms with Crippen LogP contribution in [0.1, 0.15) is 16.1 Å². The molecule has 0 spiro atoms. The number of hydrogen-bond donors (Lipinski definition) is 2. The van der Waals surface area contributed by atoms with Gasteiger partial charge in [-0.2, -0.15) is 16.9 Å². The molecule has 0 fully saturated rings. The van der Waals surface area contributed by atoms with Gasteiger partial charge in [-0.25, -0.2) is 0 Å². The molecular formula is C23H20ClN3O2S. The monoisotopic (exact) mass is 437 g/mol. The Morgan fingerprint density at radius 3 is 2.57 bits per heavy atom. The van der Waals surface area contributed by atoms with Gasteiger partial charge < -0.3 is 9.73 Å². The Kier molecular flexibility index (Phi) is 6.57. The first-order valence-corrected chi connectivity index (χ1v) is 11.0. The van der Waals surface area contributed by atoms with Crippen molar-refractivity contribution in [3.8, 4) is 22.5 Å². The minimum atomic E-state index is -0.0796. The lowest BCUT2D eigenvalue weighted by molar-refractivity contribution is 0.0956. The zero-order valence-corrected chi connectivity index (χ0v) is 17.7. The lowest BCUT2D eigenvalue weighted by Gasteiger charge is -2.05. The number of carbonyl (C=O) groups is 1. The second-order valence-corrected chi connectivity index (χ2v) is 8.18. The van der Waals surface area contributed by atoms with Crippen molar-refractivity contribution >= 4 is 29.3 Å². The molecule has 0 bridgehead atoms. The Bertz CT molecular complexity index is 1090. The van der Waals surface area contributed by atoms with E-state index >= 15 is 0 Å². The number of rotatable bonds is 8. The number of H-pyrrole nitrogens is 1. The summed E-state index contributed by atoms with van der Waals surface area (Å²) in [5, 5.41) is 11.1. The lowest BCUT2D eigenvalue weighted by Crippen LogP contribution is -2.25.